The summed E-state index contributed by atoms with van der Waals surface area (Å²) < 4.78 is 0. The molecule has 0 saturated carbocycles. The molecule has 0 spiro atoms. The van der Waals surface area contributed by atoms with Crippen molar-refractivity contribution in [3.63, 3.8) is 0 Å². The lowest BCUT2D eigenvalue weighted by atomic mass is 10.2. The third-order valence-electron chi connectivity index (χ3n) is 4.09. The van der Waals surface area contributed by atoms with Crippen molar-refractivity contribution < 1.29 is 19.2 Å². The van der Waals surface area contributed by atoms with Crippen LogP contribution < -0.4 is 21.3 Å². The Morgan fingerprint density at radius 1 is 0.700 bits per heavy atom. The highest BCUT2D eigenvalue weighted by atomic mass is 16.2. The summed E-state index contributed by atoms with van der Waals surface area (Å²) in [6.07, 6.45) is 5.96. The summed E-state index contributed by atoms with van der Waals surface area (Å²) in [5.41, 5.74) is 0.805. The summed E-state index contributed by atoms with van der Waals surface area (Å²) in [6, 6.07) is 4.68. The molecule has 0 fully saturated rings. The van der Waals surface area contributed by atoms with Crippen molar-refractivity contribution in [2.75, 3.05) is 13.1 Å². The van der Waals surface area contributed by atoms with Gasteiger partial charge in [0.15, 0.2) is 0 Å². The average Bonchev–Trinajstić information content (AvgIpc) is 2.77. The van der Waals surface area contributed by atoms with E-state index in [0.717, 1.165) is 0 Å². The van der Waals surface area contributed by atoms with Crippen LogP contribution in [0.3, 0.4) is 0 Å². The maximum absolute atomic E-state index is 12.1. The standard InChI is InChI=1S/C20H24N6O4/c1-13(25-19(29)15-3-7-21-8-4-15)17(27)23-11-12-24-18(28)14(2)26-20(30)16-5-9-22-10-6-16/h3-10,13-14H,11-12H2,1-2H3,(H,23,27)(H,24,28)(H,25,29)(H,26,30)/t13-,14-/m0/s1. The van der Waals surface area contributed by atoms with Crippen LogP contribution in [-0.4, -0.2) is 58.8 Å². The number of carbonyl (C=O) groups excluding carboxylic acids is 4. The number of rotatable bonds is 9. The number of nitrogens with zero attached hydrogens (tertiary/aromatic N) is 2. The van der Waals surface area contributed by atoms with Crippen LogP contribution in [0.2, 0.25) is 0 Å². The summed E-state index contributed by atoms with van der Waals surface area (Å²) in [7, 11) is 0. The fourth-order valence-corrected chi connectivity index (χ4v) is 2.38. The van der Waals surface area contributed by atoms with Gasteiger partial charge in [0.05, 0.1) is 0 Å². The summed E-state index contributed by atoms with van der Waals surface area (Å²) >= 11 is 0. The van der Waals surface area contributed by atoms with Crippen molar-refractivity contribution >= 4 is 23.6 Å². The quantitative estimate of drug-likeness (QED) is 0.415. The predicted molar refractivity (Wildman–Crippen MR) is 108 cm³/mol. The molecule has 0 unspecified atom stereocenters. The molecular weight excluding hydrogens is 388 g/mol. The van der Waals surface area contributed by atoms with Crippen LogP contribution in [0.4, 0.5) is 0 Å². The molecule has 2 heterocycles. The van der Waals surface area contributed by atoms with E-state index in [1.54, 1.807) is 38.1 Å². The second kappa shape index (κ2) is 11.2. The second-order valence-corrected chi connectivity index (χ2v) is 6.44. The van der Waals surface area contributed by atoms with Gasteiger partial charge in [-0.15, -0.1) is 0 Å². The Kier molecular flexibility index (Phi) is 8.42. The Labute approximate surface area is 173 Å². The molecule has 0 aliphatic heterocycles. The third kappa shape index (κ3) is 6.97. The molecule has 0 aliphatic rings. The van der Waals surface area contributed by atoms with E-state index in [9.17, 15) is 19.2 Å². The zero-order valence-corrected chi connectivity index (χ0v) is 16.7. The molecule has 0 bridgehead atoms. The molecule has 10 heteroatoms. The normalized spacial score (nSPS) is 12.2. The van der Waals surface area contributed by atoms with Crippen molar-refractivity contribution in [2.24, 2.45) is 0 Å². The number of amides is 4. The maximum atomic E-state index is 12.1. The summed E-state index contributed by atoms with van der Waals surface area (Å²) in [4.78, 5) is 55.9. The van der Waals surface area contributed by atoms with Crippen molar-refractivity contribution in [3.05, 3.63) is 60.2 Å². The van der Waals surface area contributed by atoms with Gasteiger partial charge in [-0.1, -0.05) is 0 Å². The number of nitrogens with one attached hydrogen (secondary N) is 4. The van der Waals surface area contributed by atoms with Gasteiger partial charge in [0.25, 0.3) is 11.8 Å². The molecule has 2 atom stereocenters. The van der Waals surface area contributed by atoms with E-state index in [0.29, 0.717) is 11.1 Å². The lowest BCUT2D eigenvalue weighted by Gasteiger charge is -2.16. The Balaban J connectivity index is 1.67. The monoisotopic (exact) mass is 412 g/mol. The first kappa shape index (κ1) is 22.5. The molecule has 4 amide bonds. The van der Waals surface area contributed by atoms with Crippen molar-refractivity contribution in [2.45, 2.75) is 25.9 Å². The fourth-order valence-electron chi connectivity index (χ4n) is 2.38. The lowest BCUT2D eigenvalue weighted by Crippen LogP contribution is -2.49. The van der Waals surface area contributed by atoms with Gasteiger partial charge in [0.2, 0.25) is 11.8 Å². The van der Waals surface area contributed by atoms with Crippen molar-refractivity contribution in [1.29, 1.82) is 0 Å². The van der Waals surface area contributed by atoms with Crippen LogP contribution in [0.1, 0.15) is 34.6 Å². The van der Waals surface area contributed by atoms with Gasteiger partial charge in [-0.05, 0) is 38.1 Å². The van der Waals surface area contributed by atoms with Gasteiger partial charge in [-0.25, -0.2) is 0 Å². The zero-order valence-electron chi connectivity index (χ0n) is 16.7. The van der Waals surface area contributed by atoms with Crippen LogP contribution in [-0.2, 0) is 9.59 Å². The molecule has 2 rings (SSSR count). The van der Waals surface area contributed by atoms with Gasteiger partial charge < -0.3 is 21.3 Å². The number of carbonyl (C=O) groups is 4. The lowest BCUT2D eigenvalue weighted by molar-refractivity contribution is -0.124. The van der Waals surface area contributed by atoms with Gasteiger partial charge in [0.1, 0.15) is 12.1 Å². The van der Waals surface area contributed by atoms with Crippen LogP contribution in [0, 0.1) is 0 Å². The topological polar surface area (TPSA) is 142 Å². The molecule has 158 valence electrons. The van der Waals surface area contributed by atoms with Crippen molar-refractivity contribution in [1.82, 2.24) is 31.2 Å². The molecule has 10 nitrogen and oxygen atoms in total. The number of hydrogen-bond acceptors (Lipinski definition) is 6. The molecule has 0 radical (unpaired) electrons. The third-order valence-corrected chi connectivity index (χ3v) is 4.09. The average molecular weight is 412 g/mol. The van der Waals surface area contributed by atoms with Crippen LogP contribution in [0.15, 0.2) is 49.1 Å². The first-order valence-corrected chi connectivity index (χ1v) is 9.35. The van der Waals surface area contributed by atoms with E-state index in [2.05, 4.69) is 31.2 Å². The molecule has 0 aliphatic carbocycles. The van der Waals surface area contributed by atoms with Crippen LogP contribution >= 0.6 is 0 Å². The van der Waals surface area contributed by atoms with Gasteiger partial charge in [0, 0.05) is 49.0 Å². The minimum atomic E-state index is -0.750. The summed E-state index contributed by atoms with van der Waals surface area (Å²) in [5, 5.41) is 10.4. The van der Waals surface area contributed by atoms with E-state index >= 15 is 0 Å². The summed E-state index contributed by atoms with van der Waals surface area (Å²) in [6.45, 7) is 3.46. The van der Waals surface area contributed by atoms with Gasteiger partial charge in [-0.3, -0.25) is 29.1 Å². The largest absolute Gasteiger partial charge is 0.353 e. The fraction of sp³-hybridized carbons (Fsp3) is 0.300. The number of hydrogen-bond donors (Lipinski definition) is 4. The number of aromatic nitrogens is 2. The molecule has 2 aromatic heterocycles. The first-order chi connectivity index (χ1) is 14.4. The SMILES string of the molecule is C[C@H](NC(=O)c1ccncc1)C(=O)NCCNC(=O)[C@H](C)NC(=O)c1ccncc1. The van der Waals surface area contributed by atoms with Crippen LogP contribution in [0.25, 0.3) is 0 Å². The molecular formula is C20H24N6O4. The molecule has 30 heavy (non-hydrogen) atoms. The smallest absolute Gasteiger partial charge is 0.252 e. The molecule has 4 N–H and O–H groups in total. The first-order valence-electron chi connectivity index (χ1n) is 9.35. The van der Waals surface area contributed by atoms with E-state index in [-0.39, 0.29) is 36.7 Å². The Hall–Kier alpha value is -3.82. The Morgan fingerprint density at radius 3 is 1.37 bits per heavy atom. The minimum absolute atomic E-state index is 0.172. The van der Waals surface area contributed by atoms with E-state index in [4.69, 9.17) is 0 Å². The van der Waals surface area contributed by atoms with Gasteiger partial charge >= 0.3 is 0 Å². The Bertz CT molecular complexity index is 802. The van der Waals surface area contributed by atoms with E-state index in [1.807, 2.05) is 0 Å². The van der Waals surface area contributed by atoms with E-state index in [1.165, 1.54) is 24.8 Å². The molecule has 0 saturated heterocycles. The second-order valence-electron chi connectivity index (χ2n) is 6.44. The highest BCUT2D eigenvalue weighted by Gasteiger charge is 2.18. The summed E-state index contributed by atoms with van der Waals surface area (Å²) in [5.74, 6) is -1.53. The van der Waals surface area contributed by atoms with E-state index < -0.39 is 12.1 Å². The highest BCUT2D eigenvalue weighted by molar-refractivity contribution is 5.98. The predicted octanol–water partition coefficient (Wildman–Crippen LogP) is -0.354. The molecule has 2 aromatic rings. The highest BCUT2D eigenvalue weighted by Crippen LogP contribution is 1.98. The number of pyridine rings is 2. The zero-order chi connectivity index (χ0) is 21.9. The van der Waals surface area contributed by atoms with Crippen LogP contribution in [0.5, 0.6) is 0 Å². The van der Waals surface area contributed by atoms with Crippen molar-refractivity contribution in [3.8, 4) is 0 Å². The maximum Gasteiger partial charge on any atom is 0.252 e. The molecule has 0 aromatic carbocycles. The minimum Gasteiger partial charge on any atom is -0.353 e. The Morgan fingerprint density at radius 2 is 1.03 bits per heavy atom. The van der Waals surface area contributed by atoms with Gasteiger partial charge in [-0.2, -0.15) is 0 Å².